The Morgan fingerprint density at radius 1 is 1.18 bits per heavy atom. The Bertz CT molecular complexity index is 1340. The Hall–Kier alpha value is -3.04. The van der Waals surface area contributed by atoms with Crippen LogP contribution in [0.25, 0.3) is 21.8 Å². The van der Waals surface area contributed by atoms with E-state index in [0.717, 1.165) is 70.6 Å². The lowest BCUT2D eigenvalue weighted by Gasteiger charge is -2.39. The van der Waals surface area contributed by atoms with Crippen LogP contribution in [0, 0.1) is 0 Å². The topological polar surface area (TPSA) is 103 Å². The van der Waals surface area contributed by atoms with Gasteiger partial charge in [-0.05, 0) is 48.5 Å². The average molecular weight is 478 g/mol. The van der Waals surface area contributed by atoms with Crippen molar-refractivity contribution in [1.82, 2.24) is 30.1 Å². The van der Waals surface area contributed by atoms with Crippen molar-refractivity contribution in [3.63, 3.8) is 0 Å². The van der Waals surface area contributed by atoms with Crippen LogP contribution in [0.5, 0.6) is 0 Å². The van der Waals surface area contributed by atoms with E-state index in [4.69, 9.17) is 17.3 Å². The quantitative estimate of drug-likeness (QED) is 0.351. The lowest BCUT2D eigenvalue weighted by Crippen LogP contribution is -2.53. The molecule has 2 aromatic carbocycles. The van der Waals surface area contributed by atoms with E-state index in [1.807, 2.05) is 43.4 Å². The number of aromatic amines is 1. The SMILES string of the molecule is CNCc1c(CN2CCN(Cc3ccc4c(N)ncnc4c3)C(C=O)C2)[nH]c2ccc(Cl)cc12. The van der Waals surface area contributed by atoms with Gasteiger partial charge in [-0.2, -0.15) is 0 Å². The van der Waals surface area contributed by atoms with Crippen LogP contribution in [0.15, 0.2) is 42.7 Å². The normalized spacial score (nSPS) is 17.5. The smallest absolute Gasteiger partial charge is 0.138 e. The second-order valence-electron chi connectivity index (χ2n) is 8.82. The molecule has 5 rings (SSSR count). The van der Waals surface area contributed by atoms with Gasteiger partial charge in [-0.1, -0.05) is 17.7 Å². The molecule has 0 radical (unpaired) electrons. The van der Waals surface area contributed by atoms with Crippen LogP contribution in [0.2, 0.25) is 5.02 Å². The van der Waals surface area contributed by atoms with Gasteiger partial charge in [0.15, 0.2) is 0 Å². The highest BCUT2D eigenvalue weighted by atomic mass is 35.5. The maximum absolute atomic E-state index is 12.0. The number of hydrogen-bond acceptors (Lipinski definition) is 7. The summed E-state index contributed by atoms with van der Waals surface area (Å²) in [6, 6.07) is 11.8. The summed E-state index contributed by atoms with van der Waals surface area (Å²) < 4.78 is 0. The highest BCUT2D eigenvalue weighted by Gasteiger charge is 2.28. The second-order valence-corrected chi connectivity index (χ2v) is 9.26. The van der Waals surface area contributed by atoms with Gasteiger partial charge in [-0.25, -0.2) is 9.97 Å². The molecule has 1 fully saturated rings. The summed E-state index contributed by atoms with van der Waals surface area (Å²) in [6.07, 6.45) is 2.54. The molecule has 1 aliphatic heterocycles. The van der Waals surface area contributed by atoms with Crippen LogP contribution in [0.1, 0.15) is 16.8 Å². The first-order valence-corrected chi connectivity index (χ1v) is 11.8. The molecule has 3 heterocycles. The molecular formula is C25H28ClN7O. The summed E-state index contributed by atoms with van der Waals surface area (Å²) in [7, 11) is 1.95. The first kappa shape index (κ1) is 22.7. The van der Waals surface area contributed by atoms with Gasteiger partial charge < -0.3 is 20.8 Å². The number of rotatable bonds is 7. The van der Waals surface area contributed by atoms with E-state index < -0.39 is 0 Å². The van der Waals surface area contributed by atoms with Crippen molar-refractivity contribution in [3.05, 3.63) is 64.6 Å². The molecule has 9 heteroatoms. The van der Waals surface area contributed by atoms with Crippen LogP contribution >= 0.6 is 11.6 Å². The second kappa shape index (κ2) is 9.68. The lowest BCUT2D eigenvalue weighted by molar-refractivity contribution is -0.115. The molecule has 2 aromatic heterocycles. The lowest BCUT2D eigenvalue weighted by atomic mass is 10.1. The third-order valence-corrected chi connectivity index (χ3v) is 6.82. The van der Waals surface area contributed by atoms with Crippen LogP contribution in [0.4, 0.5) is 5.82 Å². The van der Waals surface area contributed by atoms with E-state index >= 15 is 0 Å². The Labute approximate surface area is 203 Å². The van der Waals surface area contributed by atoms with Gasteiger partial charge in [-0.3, -0.25) is 9.80 Å². The predicted octanol–water partition coefficient (Wildman–Crippen LogP) is 2.95. The molecule has 1 saturated heterocycles. The molecule has 1 aliphatic rings. The highest BCUT2D eigenvalue weighted by molar-refractivity contribution is 6.31. The molecule has 0 aliphatic carbocycles. The third-order valence-electron chi connectivity index (χ3n) is 6.58. The van der Waals surface area contributed by atoms with Gasteiger partial charge in [0, 0.05) is 66.3 Å². The number of aldehydes is 1. The summed E-state index contributed by atoms with van der Waals surface area (Å²) in [5, 5.41) is 5.99. The Kier molecular flexibility index (Phi) is 6.47. The fourth-order valence-electron chi connectivity index (χ4n) is 4.85. The monoisotopic (exact) mass is 477 g/mol. The fourth-order valence-corrected chi connectivity index (χ4v) is 5.02. The van der Waals surface area contributed by atoms with Crippen molar-refractivity contribution in [2.24, 2.45) is 0 Å². The number of nitrogens with one attached hydrogen (secondary N) is 2. The summed E-state index contributed by atoms with van der Waals surface area (Å²) in [6.45, 7) is 4.56. The molecular weight excluding hydrogens is 450 g/mol. The number of anilines is 1. The molecule has 1 unspecified atom stereocenters. The van der Waals surface area contributed by atoms with Crippen LogP contribution in [0.3, 0.4) is 0 Å². The number of benzene rings is 2. The molecule has 176 valence electrons. The number of nitrogens with zero attached hydrogens (tertiary/aromatic N) is 4. The average Bonchev–Trinajstić information content (AvgIpc) is 3.16. The number of nitrogens with two attached hydrogens (primary N) is 1. The maximum atomic E-state index is 12.0. The zero-order valence-corrected chi connectivity index (χ0v) is 19.8. The molecule has 0 spiro atoms. The van der Waals surface area contributed by atoms with Gasteiger partial charge >= 0.3 is 0 Å². The third kappa shape index (κ3) is 4.50. The van der Waals surface area contributed by atoms with Crippen molar-refractivity contribution in [2.75, 3.05) is 32.4 Å². The first-order valence-electron chi connectivity index (χ1n) is 11.4. The minimum absolute atomic E-state index is 0.175. The number of halogens is 1. The van der Waals surface area contributed by atoms with E-state index in [9.17, 15) is 4.79 Å². The van der Waals surface area contributed by atoms with Crippen LogP contribution < -0.4 is 11.1 Å². The van der Waals surface area contributed by atoms with Crippen molar-refractivity contribution < 1.29 is 4.79 Å². The van der Waals surface area contributed by atoms with Gasteiger partial charge in [0.25, 0.3) is 0 Å². The zero-order chi connectivity index (χ0) is 23.7. The standard InChI is InChI=1S/C25H28ClN7O/c1-28-10-21-20-9-17(26)3-5-22(20)31-24(21)13-32-6-7-33(18(12-32)14-34)11-16-2-4-19-23(8-16)29-15-30-25(19)27/h2-5,8-9,14-15,18,28,31H,6-7,10-13H2,1H3,(H2,27,29,30). The molecule has 0 amide bonds. The summed E-state index contributed by atoms with van der Waals surface area (Å²) in [4.78, 5) is 28.5. The van der Waals surface area contributed by atoms with Crippen LogP contribution in [-0.2, 0) is 24.4 Å². The summed E-state index contributed by atoms with van der Waals surface area (Å²) in [5.41, 5.74) is 11.3. The number of nitrogen functional groups attached to an aromatic ring is 1. The highest BCUT2D eigenvalue weighted by Crippen LogP contribution is 2.27. The van der Waals surface area contributed by atoms with Gasteiger partial charge in [0.05, 0.1) is 11.6 Å². The molecule has 0 saturated carbocycles. The number of hydrogen-bond donors (Lipinski definition) is 3. The molecule has 0 bridgehead atoms. The summed E-state index contributed by atoms with van der Waals surface area (Å²) in [5.74, 6) is 0.479. The molecule has 4 N–H and O–H groups in total. The molecule has 1 atom stereocenters. The number of carbonyl (C=O) groups is 1. The van der Waals surface area contributed by atoms with Gasteiger partial charge in [0.1, 0.15) is 18.4 Å². The minimum Gasteiger partial charge on any atom is -0.383 e. The van der Waals surface area contributed by atoms with Crippen molar-refractivity contribution in [2.45, 2.75) is 25.7 Å². The fraction of sp³-hybridized carbons (Fsp3) is 0.320. The van der Waals surface area contributed by atoms with Crippen molar-refractivity contribution in [3.8, 4) is 0 Å². The van der Waals surface area contributed by atoms with Crippen LogP contribution in [-0.4, -0.2) is 63.8 Å². The first-order chi connectivity index (χ1) is 16.6. The van der Waals surface area contributed by atoms with Crippen molar-refractivity contribution in [1.29, 1.82) is 0 Å². The summed E-state index contributed by atoms with van der Waals surface area (Å²) >= 11 is 6.25. The van der Waals surface area contributed by atoms with E-state index in [0.29, 0.717) is 18.9 Å². The van der Waals surface area contributed by atoms with Gasteiger partial charge in [0.2, 0.25) is 0 Å². The van der Waals surface area contributed by atoms with E-state index in [2.05, 4.69) is 30.1 Å². The van der Waals surface area contributed by atoms with E-state index in [-0.39, 0.29) is 6.04 Å². The number of H-pyrrole nitrogens is 1. The Balaban J connectivity index is 1.31. The van der Waals surface area contributed by atoms with E-state index in [1.165, 1.54) is 11.9 Å². The van der Waals surface area contributed by atoms with Gasteiger partial charge in [-0.15, -0.1) is 0 Å². The zero-order valence-electron chi connectivity index (χ0n) is 19.1. The minimum atomic E-state index is -0.175. The Morgan fingerprint density at radius 3 is 2.88 bits per heavy atom. The largest absolute Gasteiger partial charge is 0.383 e. The van der Waals surface area contributed by atoms with E-state index in [1.54, 1.807) is 0 Å². The number of aromatic nitrogens is 3. The maximum Gasteiger partial charge on any atom is 0.138 e. The predicted molar refractivity (Wildman–Crippen MR) is 136 cm³/mol. The van der Waals surface area contributed by atoms with Crippen molar-refractivity contribution >= 4 is 45.5 Å². The molecule has 34 heavy (non-hydrogen) atoms. The number of carbonyl (C=O) groups excluding carboxylic acids is 1. The Morgan fingerprint density at radius 2 is 2.06 bits per heavy atom. The molecule has 4 aromatic rings. The molecule has 8 nitrogen and oxygen atoms in total. The number of piperazine rings is 1. The number of fused-ring (bicyclic) bond motifs is 2.